The quantitative estimate of drug-likeness (QED) is 0.547. The Kier molecular flexibility index (Phi) is 4.89. The predicted octanol–water partition coefficient (Wildman–Crippen LogP) is 4.84. The van der Waals surface area contributed by atoms with Crippen LogP contribution in [-0.2, 0) is 4.79 Å². The van der Waals surface area contributed by atoms with Crippen LogP contribution in [0.3, 0.4) is 0 Å². The van der Waals surface area contributed by atoms with Crippen molar-refractivity contribution in [3.63, 3.8) is 0 Å². The Morgan fingerprint density at radius 3 is 2.50 bits per heavy atom. The third-order valence-electron chi connectivity index (χ3n) is 4.84. The largest absolute Gasteiger partial charge is 0.326 e. The van der Waals surface area contributed by atoms with Crippen molar-refractivity contribution >= 4 is 17.4 Å². The van der Waals surface area contributed by atoms with Gasteiger partial charge in [0.25, 0.3) is 0 Å². The number of fused-ring (bicyclic) bond motifs is 1. The molecule has 4 rings (SSSR count). The number of benzene rings is 2. The van der Waals surface area contributed by atoms with Crippen LogP contribution >= 0.6 is 0 Å². The summed E-state index contributed by atoms with van der Waals surface area (Å²) in [7, 11) is 0. The van der Waals surface area contributed by atoms with E-state index in [0.717, 1.165) is 34.6 Å². The van der Waals surface area contributed by atoms with E-state index in [9.17, 15) is 4.79 Å². The molecule has 140 valence electrons. The molecule has 0 aliphatic heterocycles. The second kappa shape index (κ2) is 7.64. The summed E-state index contributed by atoms with van der Waals surface area (Å²) in [6.07, 6.45) is 4.66. The smallest absolute Gasteiger partial charge is 0.234 e. The molecule has 5 heteroatoms. The Balaban J connectivity index is 1.51. The molecule has 28 heavy (non-hydrogen) atoms. The van der Waals surface area contributed by atoms with E-state index in [1.807, 2.05) is 91.3 Å². The molecule has 0 radical (unpaired) electrons. The maximum absolute atomic E-state index is 12.7. The first-order valence-corrected chi connectivity index (χ1v) is 9.42. The van der Waals surface area contributed by atoms with Crippen molar-refractivity contribution in [1.82, 2.24) is 14.4 Å². The van der Waals surface area contributed by atoms with Gasteiger partial charge in [-0.05, 0) is 37.1 Å². The number of amides is 1. The van der Waals surface area contributed by atoms with E-state index in [1.165, 1.54) is 0 Å². The molecule has 5 nitrogen and oxygen atoms in total. The number of carbonyl (C=O) groups is 1. The van der Waals surface area contributed by atoms with E-state index < -0.39 is 0 Å². The van der Waals surface area contributed by atoms with Gasteiger partial charge in [0.05, 0.1) is 11.6 Å². The fraction of sp³-hybridized carbons (Fsp3) is 0.174. The maximum Gasteiger partial charge on any atom is 0.234 e. The van der Waals surface area contributed by atoms with E-state index in [0.29, 0.717) is 5.78 Å². The van der Waals surface area contributed by atoms with Crippen LogP contribution in [0, 0.1) is 6.92 Å². The van der Waals surface area contributed by atoms with Crippen LogP contribution in [0.4, 0.5) is 5.69 Å². The number of aryl methyl sites for hydroxylation is 1. The van der Waals surface area contributed by atoms with Gasteiger partial charge in [0.2, 0.25) is 11.7 Å². The molecular weight excluding hydrogens is 348 g/mol. The fourth-order valence-corrected chi connectivity index (χ4v) is 3.31. The SMILES string of the molecule is CC[C@@H](C(=O)Nc1ccc(-c2cn3ccc(C)nc3n2)cc1)c1ccccc1. The average molecular weight is 370 g/mol. The first-order valence-electron chi connectivity index (χ1n) is 9.42. The highest BCUT2D eigenvalue weighted by Gasteiger charge is 2.18. The highest BCUT2D eigenvalue weighted by molar-refractivity contribution is 5.96. The van der Waals surface area contributed by atoms with Crippen molar-refractivity contribution in [3.8, 4) is 11.3 Å². The number of nitrogens with zero attached hydrogens (tertiary/aromatic N) is 3. The lowest BCUT2D eigenvalue weighted by Crippen LogP contribution is -2.20. The first-order chi connectivity index (χ1) is 13.6. The number of hydrogen-bond acceptors (Lipinski definition) is 3. The minimum atomic E-state index is -0.159. The van der Waals surface area contributed by atoms with Crippen molar-refractivity contribution in [2.75, 3.05) is 5.32 Å². The number of aromatic nitrogens is 3. The highest BCUT2D eigenvalue weighted by Crippen LogP contribution is 2.24. The minimum Gasteiger partial charge on any atom is -0.326 e. The van der Waals surface area contributed by atoms with Gasteiger partial charge in [-0.1, -0.05) is 49.4 Å². The number of nitrogens with one attached hydrogen (secondary N) is 1. The van der Waals surface area contributed by atoms with Crippen molar-refractivity contribution in [2.45, 2.75) is 26.2 Å². The Bertz CT molecular complexity index is 1100. The molecule has 4 aromatic rings. The average Bonchev–Trinajstić information content (AvgIpc) is 3.13. The number of imidazole rings is 1. The van der Waals surface area contributed by atoms with Gasteiger partial charge in [0, 0.05) is 29.3 Å². The van der Waals surface area contributed by atoms with Crippen molar-refractivity contribution in [3.05, 3.63) is 84.3 Å². The van der Waals surface area contributed by atoms with Crippen LogP contribution in [0.25, 0.3) is 17.0 Å². The van der Waals surface area contributed by atoms with E-state index >= 15 is 0 Å². The van der Waals surface area contributed by atoms with E-state index in [2.05, 4.69) is 15.3 Å². The van der Waals surface area contributed by atoms with Crippen molar-refractivity contribution in [2.24, 2.45) is 0 Å². The zero-order valence-corrected chi connectivity index (χ0v) is 16.0. The highest BCUT2D eigenvalue weighted by atomic mass is 16.1. The Morgan fingerprint density at radius 1 is 1.04 bits per heavy atom. The third kappa shape index (κ3) is 3.64. The van der Waals surface area contributed by atoms with Gasteiger partial charge >= 0.3 is 0 Å². The molecule has 2 aromatic carbocycles. The minimum absolute atomic E-state index is 0.00820. The maximum atomic E-state index is 12.7. The third-order valence-corrected chi connectivity index (χ3v) is 4.84. The van der Waals surface area contributed by atoms with Gasteiger partial charge in [-0.15, -0.1) is 0 Å². The van der Waals surface area contributed by atoms with E-state index in [1.54, 1.807) is 0 Å². The van der Waals surface area contributed by atoms with Gasteiger partial charge in [-0.3, -0.25) is 9.20 Å². The van der Waals surface area contributed by atoms with Gasteiger partial charge < -0.3 is 5.32 Å². The standard InChI is InChI=1S/C23H22N4O/c1-3-20(17-7-5-4-6-8-17)22(28)25-19-11-9-18(10-12-19)21-15-27-14-13-16(2)24-23(27)26-21/h4-15,20H,3H2,1-2H3,(H,25,28)/t20-/m1/s1. The number of hydrogen-bond donors (Lipinski definition) is 1. The topological polar surface area (TPSA) is 59.3 Å². The molecule has 0 saturated carbocycles. The van der Waals surface area contributed by atoms with Crippen molar-refractivity contribution in [1.29, 1.82) is 0 Å². The van der Waals surface area contributed by atoms with E-state index in [4.69, 9.17) is 0 Å². The molecule has 1 atom stereocenters. The lowest BCUT2D eigenvalue weighted by atomic mass is 9.95. The van der Waals surface area contributed by atoms with Crippen LogP contribution in [0.1, 0.15) is 30.5 Å². The monoisotopic (exact) mass is 370 g/mol. The number of rotatable bonds is 5. The normalized spacial score (nSPS) is 12.1. The summed E-state index contributed by atoms with van der Waals surface area (Å²) in [5, 5.41) is 3.03. The summed E-state index contributed by atoms with van der Waals surface area (Å²) in [4.78, 5) is 21.7. The molecule has 2 aromatic heterocycles. The zero-order valence-electron chi connectivity index (χ0n) is 16.0. The molecule has 0 aliphatic carbocycles. The fourth-order valence-electron chi connectivity index (χ4n) is 3.31. The Hall–Kier alpha value is -3.47. The predicted molar refractivity (Wildman–Crippen MR) is 111 cm³/mol. The summed E-state index contributed by atoms with van der Waals surface area (Å²) in [5.41, 5.74) is 4.59. The number of anilines is 1. The molecule has 0 unspecified atom stereocenters. The molecular formula is C23H22N4O. The summed E-state index contributed by atoms with van der Waals surface area (Å²) in [5.74, 6) is 0.531. The van der Waals surface area contributed by atoms with Crippen LogP contribution in [-0.4, -0.2) is 20.3 Å². The van der Waals surface area contributed by atoms with E-state index in [-0.39, 0.29) is 11.8 Å². The van der Waals surface area contributed by atoms with Gasteiger partial charge in [-0.2, -0.15) is 0 Å². The van der Waals surface area contributed by atoms with Gasteiger partial charge in [-0.25, -0.2) is 9.97 Å². The molecule has 0 fully saturated rings. The van der Waals surface area contributed by atoms with Crippen molar-refractivity contribution < 1.29 is 4.79 Å². The van der Waals surface area contributed by atoms with Crippen LogP contribution in [0.2, 0.25) is 0 Å². The second-order valence-electron chi connectivity index (χ2n) is 6.84. The zero-order chi connectivity index (χ0) is 19.5. The second-order valence-corrected chi connectivity index (χ2v) is 6.84. The summed E-state index contributed by atoms with van der Waals surface area (Å²) < 4.78 is 1.91. The molecule has 0 bridgehead atoms. The summed E-state index contributed by atoms with van der Waals surface area (Å²) >= 11 is 0. The van der Waals surface area contributed by atoms with Gasteiger partial charge in [0.1, 0.15) is 0 Å². The Labute approximate surface area is 164 Å². The molecule has 0 saturated heterocycles. The molecule has 0 aliphatic rings. The van der Waals surface area contributed by atoms with Gasteiger partial charge in [0.15, 0.2) is 0 Å². The Morgan fingerprint density at radius 2 is 1.79 bits per heavy atom. The van der Waals surface area contributed by atoms with Crippen LogP contribution < -0.4 is 5.32 Å². The molecule has 2 heterocycles. The summed E-state index contributed by atoms with van der Waals surface area (Å²) in [6, 6.07) is 19.6. The molecule has 0 spiro atoms. The molecule has 1 N–H and O–H groups in total. The molecule has 1 amide bonds. The number of carbonyl (C=O) groups excluding carboxylic acids is 1. The summed E-state index contributed by atoms with van der Waals surface area (Å²) in [6.45, 7) is 3.98. The van der Waals surface area contributed by atoms with Crippen LogP contribution in [0.15, 0.2) is 73.1 Å². The van der Waals surface area contributed by atoms with Crippen LogP contribution in [0.5, 0.6) is 0 Å². The lowest BCUT2D eigenvalue weighted by Gasteiger charge is -2.15. The lowest BCUT2D eigenvalue weighted by molar-refractivity contribution is -0.117. The first kappa shape index (κ1) is 17.9.